The summed E-state index contributed by atoms with van der Waals surface area (Å²) < 4.78 is 0. The molecule has 0 saturated carbocycles. The Morgan fingerprint density at radius 3 is 2.30 bits per heavy atom. The molecule has 2 heterocycles. The number of likely N-dealkylation sites (tertiary alicyclic amines) is 1. The maximum atomic E-state index is 12.7. The van der Waals surface area contributed by atoms with Crippen molar-refractivity contribution in [1.29, 1.82) is 0 Å². The molecule has 0 unspecified atom stereocenters. The average Bonchev–Trinajstić information content (AvgIpc) is 2.67. The molecule has 0 atom stereocenters. The molecule has 0 aromatic carbocycles. The number of hydrogen-bond acceptors (Lipinski definition) is 4. The minimum Gasteiger partial charge on any atom is -0.324 e. The van der Waals surface area contributed by atoms with E-state index in [2.05, 4.69) is 10.2 Å². The lowest BCUT2D eigenvalue weighted by Gasteiger charge is -2.36. The quantitative estimate of drug-likeness (QED) is 0.737. The van der Waals surface area contributed by atoms with Crippen molar-refractivity contribution in [3.8, 4) is 0 Å². The molecule has 0 aliphatic carbocycles. The molecule has 0 radical (unpaired) electrons. The van der Waals surface area contributed by atoms with Gasteiger partial charge in [-0.1, -0.05) is 13.8 Å². The monoisotopic (exact) mass is 282 g/mol. The summed E-state index contributed by atoms with van der Waals surface area (Å²) in [6.07, 6.45) is 2.85. The molecule has 0 aromatic heterocycles. The number of carbonyl (C=O) groups excluding carboxylic acids is 2. The molecule has 2 fully saturated rings. The van der Waals surface area contributed by atoms with Gasteiger partial charge in [0.15, 0.2) is 0 Å². The SMILES string of the molecule is CCC(N)(CC)CN1C(=O)NC2(CCN(C)CC2)C1=O. The Balaban J connectivity index is 2.13. The van der Waals surface area contributed by atoms with Gasteiger partial charge in [-0.05, 0) is 32.7 Å². The Hall–Kier alpha value is -1.14. The molecule has 114 valence electrons. The Kier molecular flexibility index (Phi) is 4.07. The molecule has 0 aromatic rings. The molecule has 20 heavy (non-hydrogen) atoms. The molecule has 2 aliphatic heterocycles. The fourth-order valence-corrected chi connectivity index (χ4v) is 2.95. The molecule has 2 saturated heterocycles. The first-order valence-corrected chi connectivity index (χ1v) is 7.47. The summed E-state index contributed by atoms with van der Waals surface area (Å²) in [6.45, 7) is 5.95. The maximum Gasteiger partial charge on any atom is 0.325 e. The molecule has 3 amide bonds. The van der Waals surface area contributed by atoms with Gasteiger partial charge in [0, 0.05) is 25.2 Å². The Morgan fingerprint density at radius 2 is 1.80 bits per heavy atom. The highest BCUT2D eigenvalue weighted by atomic mass is 16.2. The van der Waals surface area contributed by atoms with Crippen molar-refractivity contribution in [3.63, 3.8) is 0 Å². The van der Waals surface area contributed by atoms with E-state index in [1.807, 2.05) is 20.9 Å². The lowest BCUT2D eigenvalue weighted by atomic mass is 9.87. The van der Waals surface area contributed by atoms with Crippen LogP contribution in [0, 0.1) is 0 Å². The lowest BCUT2D eigenvalue weighted by molar-refractivity contribution is -0.133. The number of amides is 3. The molecule has 6 heteroatoms. The van der Waals surface area contributed by atoms with E-state index >= 15 is 0 Å². The van der Waals surface area contributed by atoms with Gasteiger partial charge in [-0.2, -0.15) is 0 Å². The zero-order chi connectivity index (χ0) is 15.0. The third-order valence-corrected chi connectivity index (χ3v) is 4.97. The van der Waals surface area contributed by atoms with Crippen LogP contribution < -0.4 is 11.1 Å². The smallest absolute Gasteiger partial charge is 0.324 e. The van der Waals surface area contributed by atoms with E-state index in [0.717, 1.165) is 25.9 Å². The summed E-state index contributed by atoms with van der Waals surface area (Å²) in [5.41, 5.74) is 5.09. The van der Waals surface area contributed by atoms with Crippen LogP contribution >= 0.6 is 0 Å². The number of nitrogens with two attached hydrogens (primary N) is 1. The van der Waals surface area contributed by atoms with E-state index in [1.165, 1.54) is 4.90 Å². The minimum atomic E-state index is -0.689. The van der Waals surface area contributed by atoms with Gasteiger partial charge in [0.05, 0.1) is 0 Å². The van der Waals surface area contributed by atoms with Gasteiger partial charge >= 0.3 is 6.03 Å². The second-order valence-electron chi connectivity index (χ2n) is 6.28. The van der Waals surface area contributed by atoms with Crippen molar-refractivity contribution in [2.75, 3.05) is 26.7 Å². The van der Waals surface area contributed by atoms with Gasteiger partial charge < -0.3 is 16.0 Å². The Bertz CT molecular complexity index is 398. The first-order chi connectivity index (χ1) is 9.36. The van der Waals surface area contributed by atoms with Crippen molar-refractivity contribution < 1.29 is 9.59 Å². The molecule has 2 rings (SSSR count). The van der Waals surface area contributed by atoms with E-state index in [9.17, 15) is 9.59 Å². The zero-order valence-corrected chi connectivity index (χ0v) is 12.7. The topological polar surface area (TPSA) is 78.7 Å². The van der Waals surface area contributed by atoms with Gasteiger partial charge in [0.2, 0.25) is 0 Å². The summed E-state index contributed by atoms with van der Waals surface area (Å²) in [5, 5.41) is 2.92. The molecule has 6 nitrogen and oxygen atoms in total. The van der Waals surface area contributed by atoms with E-state index in [1.54, 1.807) is 0 Å². The van der Waals surface area contributed by atoms with Gasteiger partial charge in [-0.15, -0.1) is 0 Å². The van der Waals surface area contributed by atoms with Crippen molar-refractivity contribution in [2.45, 2.75) is 50.6 Å². The van der Waals surface area contributed by atoms with Gasteiger partial charge in [-0.25, -0.2) is 4.79 Å². The summed E-state index contributed by atoms with van der Waals surface area (Å²) >= 11 is 0. The van der Waals surface area contributed by atoms with Crippen molar-refractivity contribution >= 4 is 11.9 Å². The average molecular weight is 282 g/mol. The highest BCUT2D eigenvalue weighted by Gasteiger charge is 2.52. The van der Waals surface area contributed by atoms with Crippen molar-refractivity contribution in [1.82, 2.24) is 15.1 Å². The van der Waals surface area contributed by atoms with E-state index in [4.69, 9.17) is 5.73 Å². The lowest BCUT2D eigenvalue weighted by Crippen LogP contribution is -2.55. The van der Waals surface area contributed by atoms with Crippen LogP contribution in [0.5, 0.6) is 0 Å². The Labute approximate surface area is 120 Å². The summed E-state index contributed by atoms with van der Waals surface area (Å²) in [4.78, 5) is 28.4. The first kappa shape index (κ1) is 15.3. The summed E-state index contributed by atoms with van der Waals surface area (Å²) in [7, 11) is 2.03. The van der Waals surface area contributed by atoms with Crippen LogP contribution in [0.3, 0.4) is 0 Å². The highest BCUT2D eigenvalue weighted by molar-refractivity contribution is 6.07. The largest absolute Gasteiger partial charge is 0.325 e. The van der Waals surface area contributed by atoms with E-state index in [-0.39, 0.29) is 11.9 Å². The molecule has 3 N–H and O–H groups in total. The predicted molar refractivity (Wildman–Crippen MR) is 77.2 cm³/mol. The number of nitrogens with one attached hydrogen (secondary N) is 1. The summed E-state index contributed by atoms with van der Waals surface area (Å²) in [5.74, 6) is -0.0904. The van der Waals surface area contributed by atoms with Crippen LogP contribution in [0.2, 0.25) is 0 Å². The fourth-order valence-electron chi connectivity index (χ4n) is 2.95. The van der Waals surface area contributed by atoms with Crippen LogP contribution in [0.15, 0.2) is 0 Å². The van der Waals surface area contributed by atoms with Crippen LogP contribution in [-0.2, 0) is 4.79 Å². The standard InChI is InChI=1S/C14H26N4O2/c1-4-13(15,5-2)10-18-11(19)14(16-12(18)20)6-8-17(3)9-7-14/h4-10,15H2,1-3H3,(H,16,20). The molecular formula is C14H26N4O2. The normalized spacial score (nSPS) is 23.5. The highest BCUT2D eigenvalue weighted by Crippen LogP contribution is 2.30. The fraction of sp³-hybridized carbons (Fsp3) is 0.857. The maximum absolute atomic E-state index is 12.7. The van der Waals surface area contributed by atoms with Gasteiger partial charge in [0.25, 0.3) is 5.91 Å². The second kappa shape index (κ2) is 5.33. The van der Waals surface area contributed by atoms with E-state index in [0.29, 0.717) is 19.4 Å². The predicted octanol–water partition coefficient (Wildman–Crippen LogP) is 0.520. The zero-order valence-electron chi connectivity index (χ0n) is 12.7. The van der Waals surface area contributed by atoms with Crippen LogP contribution in [0.25, 0.3) is 0 Å². The van der Waals surface area contributed by atoms with E-state index < -0.39 is 11.1 Å². The molecule has 0 bridgehead atoms. The van der Waals surface area contributed by atoms with Gasteiger partial charge in [-0.3, -0.25) is 9.69 Å². The third-order valence-electron chi connectivity index (χ3n) is 4.97. The second-order valence-corrected chi connectivity index (χ2v) is 6.28. The van der Waals surface area contributed by atoms with Crippen LogP contribution in [0.4, 0.5) is 4.79 Å². The number of carbonyl (C=O) groups is 2. The number of hydrogen-bond donors (Lipinski definition) is 2. The number of nitrogens with zero attached hydrogens (tertiary/aromatic N) is 2. The number of rotatable bonds is 4. The molecular weight excluding hydrogens is 256 g/mol. The minimum absolute atomic E-state index is 0.0904. The van der Waals surface area contributed by atoms with Crippen molar-refractivity contribution in [2.24, 2.45) is 5.73 Å². The number of urea groups is 1. The first-order valence-electron chi connectivity index (χ1n) is 7.47. The van der Waals surface area contributed by atoms with Crippen LogP contribution in [-0.4, -0.2) is 59.5 Å². The van der Waals surface area contributed by atoms with Crippen molar-refractivity contribution in [3.05, 3.63) is 0 Å². The Morgan fingerprint density at radius 1 is 1.25 bits per heavy atom. The number of imide groups is 1. The van der Waals surface area contributed by atoms with Gasteiger partial charge in [0.1, 0.15) is 5.54 Å². The number of piperidine rings is 1. The molecule has 1 spiro atoms. The molecule has 2 aliphatic rings. The summed E-state index contributed by atoms with van der Waals surface area (Å²) in [6, 6.07) is -0.281. The third kappa shape index (κ3) is 2.54. The van der Waals surface area contributed by atoms with Crippen LogP contribution in [0.1, 0.15) is 39.5 Å².